The van der Waals surface area contributed by atoms with Crippen molar-refractivity contribution < 1.29 is 14.3 Å². The van der Waals surface area contributed by atoms with Gasteiger partial charge in [0.25, 0.3) is 0 Å². The van der Waals surface area contributed by atoms with Crippen LogP contribution in [0.25, 0.3) is 0 Å². The summed E-state index contributed by atoms with van der Waals surface area (Å²) in [4.78, 5) is 13.4. The van der Waals surface area contributed by atoms with Crippen LogP contribution in [0.5, 0.6) is 0 Å². The quantitative estimate of drug-likeness (QED) is 0.619. The van der Waals surface area contributed by atoms with Gasteiger partial charge in [0.05, 0.1) is 13.2 Å². The van der Waals surface area contributed by atoms with Gasteiger partial charge in [-0.2, -0.15) is 0 Å². The molecule has 2 atom stereocenters. The van der Waals surface area contributed by atoms with Crippen molar-refractivity contribution in [1.82, 2.24) is 4.90 Å². The zero-order chi connectivity index (χ0) is 15.9. The number of rotatable bonds is 5. The second kappa shape index (κ2) is 7.80. The second-order valence-electron chi connectivity index (χ2n) is 5.34. The van der Waals surface area contributed by atoms with Crippen LogP contribution in [-0.4, -0.2) is 36.9 Å². The largest absolute Gasteiger partial charge is 0.466 e. The summed E-state index contributed by atoms with van der Waals surface area (Å²) in [6, 6.07) is 10.4. The number of benzene rings is 1. The number of methoxy groups -OCH3 is 1. The SMILES string of the molecule is COC(=O)/C=C/C1=CN(CCc2ccccc2)[C@H](C)O[C@@H]1C. The molecule has 0 N–H and O–H groups in total. The summed E-state index contributed by atoms with van der Waals surface area (Å²) in [5, 5.41) is 0. The number of esters is 1. The summed E-state index contributed by atoms with van der Waals surface area (Å²) in [5.74, 6) is -0.359. The third-order valence-corrected chi connectivity index (χ3v) is 3.77. The minimum absolute atomic E-state index is 0.0222. The van der Waals surface area contributed by atoms with E-state index in [1.807, 2.05) is 32.0 Å². The van der Waals surface area contributed by atoms with Crippen LogP contribution in [0.15, 0.2) is 54.3 Å². The highest BCUT2D eigenvalue weighted by atomic mass is 16.5. The summed E-state index contributed by atoms with van der Waals surface area (Å²) < 4.78 is 10.5. The summed E-state index contributed by atoms with van der Waals surface area (Å²) in [5.41, 5.74) is 2.27. The van der Waals surface area contributed by atoms with E-state index >= 15 is 0 Å². The van der Waals surface area contributed by atoms with Crippen molar-refractivity contribution >= 4 is 5.97 Å². The lowest BCUT2D eigenvalue weighted by Crippen LogP contribution is -2.39. The van der Waals surface area contributed by atoms with Gasteiger partial charge in [-0.1, -0.05) is 30.3 Å². The number of carbonyl (C=O) groups is 1. The van der Waals surface area contributed by atoms with Crippen molar-refractivity contribution in [3.63, 3.8) is 0 Å². The second-order valence-corrected chi connectivity index (χ2v) is 5.34. The van der Waals surface area contributed by atoms with Crippen LogP contribution in [0, 0.1) is 0 Å². The Kier molecular flexibility index (Phi) is 5.78. The lowest BCUT2D eigenvalue weighted by atomic mass is 10.1. The molecule has 0 saturated carbocycles. The number of nitrogens with zero attached hydrogens (tertiary/aromatic N) is 1. The molecule has 1 aromatic rings. The van der Waals surface area contributed by atoms with Gasteiger partial charge in [-0.05, 0) is 37.5 Å². The van der Waals surface area contributed by atoms with E-state index in [0.717, 1.165) is 18.5 Å². The van der Waals surface area contributed by atoms with E-state index in [0.29, 0.717) is 0 Å². The van der Waals surface area contributed by atoms with Gasteiger partial charge in [-0.15, -0.1) is 0 Å². The first kappa shape index (κ1) is 16.3. The van der Waals surface area contributed by atoms with E-state index < -0.39 is 0 Å². The molecule has 0 fully saturated rings. The van der Waals surface area contributed by atoms with Gasteiger partial charge in [-0.3, -0.25) is 0 Å². The Morgan fingerprint density at radius 1 is 1.32 bits per heavy atom. The Morgan fingerprint density at radius 2 is 2.05 bits per heavy atom. The first-order valence-corrected chi connectivity index (χ1v) is 7.53. The van der Waals surface area contributed by atoms with Crippen LogP contribution in [0.4, 0.5) is 0 Å². The molecule has 0 radical (unpaired) electrons. The zero-order valence-electron chi connectivity index (χ0n) is 13.4. The van der Waals surface area contributed by atoms with Crippen molar-refractivity contribution in [1.29, 1.82) is 0 Å². The molecule has 0 aromatic heterocycles. The molecule has 0 saturated heterocycles. The molecule has 1 aliphatic heterocycles. The Hall–Kier alpha value is -2.07. The molecule has 4 heteroatoms. The lowest BCUT2D eigenvalue weighted by Gasteiger charge is -2.36. The van der Waals surface area contributed by atoms with E-state index in [4.69, 9.17) is 4.74 Å². The molecule has 0 aliphatic carbocycles. The summed E-state index contributed by atoms with van der Waals surface area (Å²) in [6.07, 6.45) is 6.20. The first-order chi connectivity index (χ1) is 10.6. The Balaban J connectivity index is 2.04. The Morgan fingerprint density at radius 3 is 2.73 bits per heavy atom. The molecule has 0 bridgehead atoms. The molecule has 1 aromatic carbocycles. The topological polar surface area (TPSA) is 38.8 Å². The molecule has 1 aliphatic rings. The van der Waals surface area contributed by atoms with Crippen molar-refractivity contribution in [3.8, 4) is 0 Å². The molecule has 118 valence electrons. The minimum atomic E-state index is -0.359. The highest BCUT2D eigenvalue weighted by Gasteiger charge is 2.22. The summed E-state index contributed by atoms with van der Waals surface area (Å²) >= 11 is 0. The number of carbonyl (C=O) groups excluding carboxylic acids is 1. The van der Waals surface area contributed by atoms with E-state index in [2.05, 4.69) is 28.0 Å². The highest BCUT2D eigenvalue weighted by Crippen LogP contribution is 2.21. The van der Waals surface area contributed by atoms with Gasteiger partial charge in [0.1, 0.15) is 6.23 Å². The van der Waals surface area contributed by atoms with Crippen molar-refractivity contribution in [3.05, 3.63) is 59.8 Å². The lowest BCUT2D eigenvalue weighted by molar-refractivity contribution is -0.134. The van der Waals surface area contributed by atoms with Crippen LogP contribution >= 0.6 is 0 Å². The molecule has 22 heavy (non-hydrogen) atoms. The molecule has 0 unspecified atom stereocenters. The smallest absolute Gasteiger partial charge is 0.330 e. The molecular weight excluding hydrogens is 278 g/mol. The van der Waals surface area contributed by atoms with Gasteiger partial charge in [0.15, 0.2) is 0 Å². The Bertz CT molecular complexity index is 551. The normalized spacial score (nSPS) is 21.8. The summed E-state index contributed by atoms with van der Waals surface area (Å²) in [7, 11) is 1.37. The maximum atomic E-state index is 11.2. The van der Waals surface area contributed by atoms with E-state index in [-0.39, 0.29) is 18.3 Å². The van der Waals surface area contributed by atoms with E-state index in [9.17, 15) is 4.79 Å². The van der Waals surface area contributed by atoms with Gasteiger partial charge in [0.2, 0.25) is 0 Å². The van der Waals surface area contributed by atoms with Crippen LogP contribution in [0.2, 0.25) is 0 Å². The van der Waals surface area contributed by atoms with Gasteiger partial charge < -0.3 is 14.4 Å². The average Bonchev–Trinajstić information content (AvgIpc) is 2.53. The standard InChI is InChI=1S/C18H23NO3/c1-14-17(9-10-18(20)21-3)13-19(15(2)22-14)12-11-16-7-5-4-6-8-16/h4-10,13-15H,11-12H2,1-3H3/b10-9+/t14-,15+/m1/s1. The number of hydrogen-bond acceptors (Lipinski definition) is 4. The average molecular weight is 301 g/mol. The minimum Gasteiger partial charge on any atom is -0.466 e. The van der Waals surface area contributed by atoms with Crippen molar-refractivity contribution in [2.24, 2.45) is 0 Å². The predicted octanol–water partition coefficient (Wildman–Crippen LogP) is 2.91. The van der Waals surface area contributed by atoms with Crippen molar-refractivity contribution in [2.45, 2.75) is 32.6 Å². The predicted molar refractivity (Wildman–Crippen MR) is 86.1 cm³/mol. The van der Waals surface area contributed by atoms with Crippen LogP contribution in [-0.2, 0) is 20.7 Å². The van der Waals surface area contributed by atoms with E-state index in [1.165, 1.54) is 18.7 Å². The molecule has 0 amide bonds. The molecule has 2 rings (SSSR count). The fourth-order valence-corrected chi connectivity index (χ4v) is 2.41. The fraction of sp³-hybridized carbons (Fsp3) is 0.389. The monoisotopic (exact) mass is 301 g/mol. The van der Waals surface area contributed by atoms with Crippen molar-refractivity contribution in [2.75, 3.05) is 13.7 Å². The molecule has 1 heterocycles. The maximum absolute atomic E-state index is 11.2. The third-order valence-electron chi connectivity index (χ3n) is 3.77. The van der Waals surface area contributed by atoms with Gasteiger partial charge in [0, 0.05) is 18.8 Å². The van der Waals surface area contributed by atoms with Crippen LogP contribution < -0.4 is 0 Å². The number of ether oxygens (including phenoxy) is 2. The first-order valence-electron chi connectivity index (χ1n) is 7.53. The molecule has 4 nitrogen and oxygen atoms in total. The third kappa shape index (κ3) is 4.46. The number of hydrogen-bond donors (Lipinski definition) is 0. The highest BCUT2D eigenvalue weighted by molar-refractivity contribution is 5.82. The van der Waals surface area contributed by atoms with Crippen LogP contribution in [0.1, 0.15) is 19.4 Å². The van der Waals surface area contributed by atoms with Crippen LogP contribution in [0.3, 0.4) is 0 Å². The zero-order valence-corrected chi connectivity index (χ0v) is 13.4. The van der Waals surface area contributed by atoms with Gasteiger partial charge in [-0.25, -0.2) is 4.79 Å². The van der Waals surface area contributed by atoms with E-state index in [1.54, 1.807) is 6.08 Å². The fourth-order valence-electron chi connectivity index (χ4n) is 2.41. The Labute approximate surface area is 132 Å². The molecular formula is C18H23NO3. The summed E-state index contributed by atoms with van der Waals surface area (Å²) in [6.45, 7) is 4.89. The van der Waals surface area contributed by atoms with Gasteiger partial charge >= 0.3 is 5.97 Å². The molecule has 0 spiro atoms. The maximum Gasteiger partial charge on any atom is 0.330 e.